The quantitative estimate of drug-likeness (QED) is 0.797. The smallest absolute Gasteiger partial charge is 0.254 e. The topological polar surface area (TPSA) is 25.2 Å². The van der Waals surface area contributed by atoms with Gasteiger partial charge in [-0.05, 0) is 36.8 Å². The van der Waals surface area contributed by atoms with Crippen molar-refractivity contribution in [3.8, 4) is 0 Å². The Morgan fingerprint density at radius 2 is 2.10 bits per heavy atom. The second-order valence-corrected chi connectivity index (χ2v) is 5.20. The zero-order valence-corrected chi connectivity index (χ0v) is 12.6. The highest BCUT2D eigenvalue weighted by Gasteiger charge is 2.17. The first-order valence-corrected chi connectivity index (χ1v) is 7.27. The van der Waals surface area contributed by atoms with Gasteiger partial charge in [0.25, 0.3) is 5.91 Å². The van der Waals surface area contributed by atoms with E-state index in [9.17, 15) is 9.18 Å². The molecule has 112 valence electrons. The van der Waals surface area contributed by atoms with Gasteiger partial charge >= 0.3 is 0 Å². The lowest BCUT2D eigenvalue weighted by molar-refractivity contribution is 0.0737. The molecule has 0 aliphatic rings. The molecule has 21 heavy (non-hydrogen) atoms. The lowest BCUT2D eigenvalue weighted by atomic mass is 10.1. The fourth-order valence-electron chi connectivity index (χ4n) is 2.26. The summed E-state index contributed by atoms with van der Waals surface area (Å²) in [6, 6.07) is 9.84. The Kier molecular flexibility index (Phi) is 5.14. The predicted molar refractivity (Wildman–Crippen MR) is 81.5 cm³/mol. The van der Waals surface area contributed by atoms with E-state index in [1.807, 2.05) is 29.9 Å². The van der Waals surface area contributed by atoms with Gasteiger partial charge in [-0.15, -0.1) is 0 Å². The molecule has 0 bridgehead atoms. The van der Waals surface area contributed by atoms with Crippen LogP contribution in [0.15, 0.2) is 42.6 Å². The number of unbranched alkanes of at least 4 members (excludes halogenated alkanes) is 1. The van der Waals surface area contributed by atoms with E-state index in [1.54, 1.807) is 17.0 Å². The van der Waals surface area contributed by atoms with E-state index in [0.717, 1.165) is 18.5 Å². The van der Waals surface area contributed by atoms with Crippen LogP contribution in [0.25, 0.3) is 0 Å². The highest BCUT2D eigenvalue weighted by atomic mass is 19.1. The van der Waals surface area contributed by atoms with Crippen LogP contribution in [-0.4, -0.2) is 21.9 Å². The van der Waals surface area contributed by atoms with Crippen LogP contribution in [0.2, 0.25) is 0 Å². The maximum Gasteiger partial charge on any atom is 0.254 e. The SMILES string of the molecule is CCCCN(Cc1cccn1C)C(=O)c1cccc(F)c1. The van der Waals surface area contributed by atoms with Crippen LogP contribution < -0.4 is 0 Å². The fourth-order valence-corrected chi connectivity index (χ4v) is 2.26. The molecule has 2 aromatic rings. The molecule has 0 N–H and O–H groups in total. The molecule has 0 atom stereocenters. The van der Waals surface area contributed by atoms with E-state index in [1.165, 1.54) is 12.1 Å². The lowest BCUT2D eigenvalue weighted by Crippen LogP contribution is -2.32. The fraction of sp³-hybridized carbons (Fsp3) is 0.353. The van der Waals surface area contributed by atoms with Crippen LogP contribution in [0.4, 0.5) is 4.39 Å². The first kappa shape index (κ1) is 15.3. The molecule has 4 heteroatoms. The van der Waals surface area contributed by atoms with Gasteiger partial charge in [0, 0.05) is 31.0 Å². The van der Waals surface area contributed by atoms with E-state index in [0.29, 0.717) is 18.7 Å². The molecule has 0 aliphatic heterocycles. The molecule has 1 aromatic carbocycles. The Labute approximate surface area is 125 Å². The summed E-state index contributed by atoms with van der Waals surface area (Å²) in [6.07, 6.45) is 3.91. The standard InChI is InChI=1S/C17H21FN2O/c1-3-4-11-20(13-16-9-6-10-19(16)2)17(21)14-7-5-8-15(18)12-14/h5-10,12H,3-4,11,13H2,1-2H3. The summed E-state index contributed by atoms with van der Waals surface area (Å²) >= 11 is 0. The van der Waals surface area contributed by atoms with Gasteiger partial charge in [-0.1, -0.05) is 19.4 Å². The van der Waals surface area contributed by atoms with Crippen molar-refractivity contribution in [1.29, 1.82) is 0 Å². The van der Waals surface area contributed by atoms with Crippen molar-refractivity contribution < 1.29 is 9.18 Å². The van der Waals surface area contributed by atoms with Crippen LogP contribution in [0.3, 0.4) is 0 Å². The van der Waals surface area contributed by atoms with Gasteiger partial charge in [0.15, 0.2) is 0 Å². The normalized spacial score (nSPS) is 10.6. The molecule has 2 rings (SSSR count). The third-order valence-electron chi connectivity index (χ3n) is 3.54. The van der Waals surface area contributed by atoms with Gasteiger partial charge in [-0.2, -0.15) is 0 Å². The highest BCUT2D eigenvalue weighted by molar-refractivity contribution is 5.94. The summed E-state index contributed by atoms with van der Waals surface area (Å²) in [5.41, 5.74) is 1.47. The van der Waals surface area contributed by atoms with E-state index in [2.05, 4.69) is 6.92 Å². The number of aryl methyl sites for hydroxylation is 1. The number of amides is 1. The molecule has 0 unspecified atom stereocenters. The number of hydrogen-bond acceptors (Lipinski definition) is 1. The van der Waals surface area contributed by atoms with Crippen molar-refractivity contribution in [3.05, 3.63) is 59.7 Å². The van der Waals surface area contributed by atoms with E-state index < -0.39 is 0 Å². The first-order valence-electron chi connectivity index (χ1n) is 7.27. The number of benzene rings is 1. The summed E-state index contributed by atoms with van der Waals surface area (Å²) in [5.74, 6) is -0.501. The van der Waals surface area contributed by atoms with Gasteiger partial charge in [-0.3, -0.25) is 4.79 Å². The van der Waals surface area contributed by atoms with Crippen LogP contribution in [0.1, 0.15) is 35.8 Å². The summed E-state index contributed by atoms with van der Waals surface area (Å²) in [7, 11) is 1.96. The number of nitrogens with zero attached hydrogens (tertiary/aromatic N) is 2. The van der Waals surface area contributed by atoms with E-state index in [-0.39, 0.29) is 11.7 Å². The zero-order chi connectivity index (χ0) is 15.2. The third-order valence-corrected chi connectivity index (χ3v) is 3.54. The summed E-state index contributed by atoms with van der Waals surface area (Å²) in [5, 5.41) is 0. The Morgan fingerprint density at radius 3 is 2.71 bits per heavy atom. The molecule has 3 nitrogen and oxygen atoms in total. The molecule has 0 radical (unpaired) electrons. The van der Waals surface area contributed by atoms with Crippen molar-refractivity contribution in [2.75, 3.05) is 6.54 Å². The molecule has 1 amide bonds. The molecule has 0 saturated heterocycles. The molecular formula is C17H21FN2O. The Balaban J connectivity index is 2.18. The number of halogens is 1. The van der Waals surface area contributed by atoms with Crippen LogP contribution in [0.5, 0.6) is 0 Å². The predicted octanol–water partition coefficient (Wildman–Crippen LogP) is 3.61. The Morgan fingerprint density at radius 1 is 1.29 bits per heavy atom. The van der Waals surface area contributed by atoms with Gasteiger partial charge in [-0.25, -0.2) is 4.39 Å². The Hall–Kier alpha value is -2.10. The molecule has 0 fully saturated rings. The van der Waals surface area contributed by atoms with Gasteiger partial charge in [0.05, 0.1) is 6.54 Å². The van der Waals surface area contributed by atoms with Crippen molar-refractivity contribution >= 4 is 5.91 Å². The highest BCUT2D eigenvalue weighted by Crippen LogP contribution is 2.12. The molecule has 0 spiro atoms. The monoisotopic (exact) mass is 288 g/mol. The minimum absolute atomic E-state index is 0.121. The van der Waals surface area contributed by atoms with Gasteiger partial charge < -0.3 is 9.47 Å². The maximum atomic E-state index is 13.3. The summed E-state index contributed by atoms with van der Waals surface area (Å²) < 4.78 is 15.3. The minimum Gasteiger partial charge on any atom is -0.353 e. The zero-order valence-electron chi connectivity index (χ0n) is 12.6. The van der Waals surface area contributed by atoms with Crippen molar-refractivity contribution in [2.24, 2.45) is 7.05 Å². The number of carbonyl (C=O) groups excluding carboxylic acids is 1. The van der Waals surface area contributed by atoms with Crippen LogP contribution in [-0.2, 0) is 13.6 Å². The molecule has 0 saturated carbocycles. The summed E-state index contributed by atoms with van der Waals surface area (Å²) in [6.45, 7) is 3.31. The third kappa shape index (κ3) is 3.94. The minimum atomic E-state index is -0.379. The van der Waals surface area contributed by atoms with E-state index >= 15 is 0 Å². The van der Waals surface area contributed by atoms with Crippen molar-refractivity contribution in [1.82, 2.24) is 9.47 Å². The number of carbonyl (C=O) groups is 1. The molecular weight excluding hydrogens is 267 g/mol. The van der Waals surface area contributed by atoms with Crippen LogP contribution in [0, 0.1) is 5.82 Å². The van der Waals surface area contributed by atoms with Gasteiger partial charge in [0.2, 0.25) is 0 Å². The molecule has 1 aromatic heterocycles. The number of hydrogen-bond donors (Lipinski definition) is 0. The maximum absolute atomic E-state index is 13.3. The van der Waals surface area contributed by atoms with Gasteiger partial charge in [0.1, 0.15) is 5.82 Å². The molecule has 1 heterocycles. The average molecular weight is 288 g/mol. The lowest BCUT2D eigenvalue weighted by Gasteiger charge is -2.23. The average Bonchev–Trinajstić information content (AvgIpc) is 2.88. The van der Waals surface area contributed by atoms with Crippen LogP contribution >= 0.6 is 0 Å². The summed E-state index contributed by atoms with van der Waals surface area (Å²) in [4.78, 5) is 14.4. The van der Waals surface area contributed by atoms with Crippen molar-refractivity contribution in [3.63, 3.8) is 0 Å². The number of aromatic nitrogens is 1. The molecule has 0 aliphatic carbocycles. The first-order chi connectivity index (χ1) is 10.1. The Bertz CT molecular complexity index is 606. The second kappa shape index (κ2) is 7.07. The van der Waals surface area contributed by atoms with Crippen molar-refractivity contribution in [2.45, 2.75) is 26.3 Å². The second-order valence-electron chi connectivity index (χ2n) is 5.20. The van der Waals surface area contributed by atoms with E-state index in [4.69, 9.17) is 0 Å². The number of rotatable bonds is 6. The largest absolute Gasteiger partial charge is 0.353 e.